The monoisotopic (exact) mass is 369 g/mol. The molecule has 7 heteroatoms. The van der Waals surface area contributed by atoms with Crippen molar-refractivity contribution in [3.05, 3.63) is 42.1 Å². The minimum absolute atomic E-state index is 0.0526. The Hall–Kier alpha value is -2.67. The minimum Gasteiger partial charge on any atom is -0.479 e. The summed E-state index contributed by atoms with van der Waals surface area (Å²) in [5.41, 5.74) is 2.30. The first-order valence-corrected chi connectivity index (χ1v) is 9.42. The summed E-state index contributed by atoms with van der Waals surface area (Å²) in [6.45, 7) is 0.655. The van der Waals surface area contributed by atoms with Gasteiger partial charge in [-0.05, 0) is 12.8 Å². The van der Waals surface area contributed by atoms with E-state index in [0.29, 0.717) is 18.2 Å². The van der Waals surface area contributed by atoms with Crippen LogP contribution in [0, 0.1) is 0 Å². The molecule has 2 heterocycles. The highest BCUT2D eigenvalue weighted by atomic mass is 16.5. The van der Waals surface area contributed by atoms with E-state index in [1.165, 1.54) is 12.8 Å². The van der Waals surface area contributed by atoms with Crippen LogP contribution in [0.2, 0.25) is 0 Å². The standard InChI is InChI=1S/C20H23N3O4/c24-19(22-10-11-27-17(13-22)20(25)26)16-12-21-23(15-8-4-5-9-15)18(16)14-6-2-1-3-7-14/h1-3,6-7,12,15,17H,4-5,8-11,13H2,(H,25,26). The van der Waals surface area contributed by atoms with Crippen LogP contribution >= 0.6 is 0 Å². The zero-order chi connectivity index (χ0) is 18.8. The largest absolute Gasteiger partial charge is 0.479 e. The minimum atomic E-state index is -1.04. The molecule has 142 valence electrons. The molecule has 2 aliphatic rings. The summed E-state index contributed by atoms with van der Waals surface area (Å²) in [6, 6.07) is 10.1. The number of hydrogen-bond donors (Lipinski definition) is 1. The van der Waals surface area contributed by atoms with Gasteiger partial charge in [-0.25, -0.2) is 4.79 Å². The summed E-state index contributed by atoms with van der Waals surface area (Å²) < 4.78 is 7.23. The first-order chi connectivity index (χ1) is 13.1. The molecule has 2 aromatic rings. The number of aromatic nitrogens is 2. The van der Waals surface area contributed by atoms with Crippen molar-refractivity contribution in [1.82, 2.24) is 14.7 Å². The van der Waals surface area contributed by atoms with E-state index in [2.05, 4.69) is 5.10 Å². The Morgan fingerprint density at radius 2 is 1.89 bits per heavy atom. The van der Waals surface area contributed by atoms with E-state index in [0.717, 1.165) is 24.1 Å². The van der Waals surface area contributed by atoms with Gasteiger partial charge < -0.3 is 14.7 Å². The molecule has 1 aliphatic carbocycles. The third-order valence-corrected chi connectivity index (χ3v) is 5.37. The smallest absolute Gasteiger partial charge is 0.334 e. The van der Waals surface area contributed by atoms with Gasteiger partial charge in [0.2, 0.25) is 0 Å². The highest BCUT2D eigenvalue weighted by molar-refractivity contribution is 6.00. The van der Waals surface area contributed by atoms with Gasteiger partial charge in [0.05, 0.1) is 36.6 Å². The summed E-state index contributed by atoms with van der Waals surface area (Å²) in [5, 5.41) is 13.8. The van der Waals surface area contributed by atoms with Crippen molar-refractivity contribution in [2.75, 3.05) is 19.7 Å². The lowest BCUT2D eigenvalue weighted by Gasteiger charge is -2.31. The lowest BCUT2D eigenvalue weighted by Crippen LogP contribution is -2.48. The van der Waals surface area contributed by atoms with Crippen molar-refractivity contribution in [2.24, 2.45) is 0 Å². The number of amides is 1. The molecule has 27 heavy (non-hydrogen) atoms. The zero-order valence-electron chi connectivity index (χ0n) is 15.1. The Morgan fingerprint density at radius 1 is 1.15 bits per heavy atom. The normalized spacial score (nSPS) is 20.7. The molecular weight excluding hydrogens is 346 g/mol. The molecule has 1 aromatic carbocycles. The number of carboxylic acids is 1. The number of carbonyl (C=O) groups excluding carboxylic acids is 1. The molecule has 7 nitrogen and oxygen atoms in total. The highest BCUT2D eigenvalue weighted by Crippen LogP contribution is 2.35. The number of nitrogens with zero attached hydrogens (tertiary/aromatic N) is 3. The fraction of sp³-hybridized carbons (Fsp3) is 0.450. The number of aliphatic carboxylic acids is 1. The first-order valence-electron chi connectivity index (χ1n) is 9.42. The van der Waals surface area contributed by atoms with E-state index in [4.69, 9.17) is 4.74 Å². The van der Waals surface area contributed by atoms with Crippen LogP contribution in [0.5, 0.6) is 0 Å². The summed E-state index contributed by atoms with van der Waals surface area (Å²) in [6.07, 6.45) is 5.13. The second-order valence-corrected chi connectivity index (χ2v) is 7.10. The molecule has 1 N–H and O–H groups in total. The molecule has 1 saturated heterocycles. The summed E-state index contributed by atoms with van der Waals surface area (Å²) in [7, 11) is 0. The van der Waals surface area contributed by atoms with Gasteiger partial charge in [0.1, 0.15) is 0 Å². The second-order valence-electron chi connectivity index (χ2n) is 7.10. The SMILES string of the molecule is O=C(O)C1CN(C(=O)c2cnn(C3CCCC3)c2-c2ccccc2)CCO1. The predicted molar refractivity (Wildman–Crippen MR) is 98.4 cm³/mol. The van der Waals surface area contributed by atoms with Gasteiger partial charge >= 0.3 is 5.97 Å². The average molecular weight is 369 g/mol. The number of ether oxygens (including phenoxy) is 1. The van der Waals surface area contributed by atoms with Gasteiger partial charge in [0.15, 0.2) is 6.10 Å². The Kier molecular flexibility index (Phi) is 4.94. The van der Waals surface area contributed by atoms with Crippen molar-refractivity contribution < 1.29 is 19.4 Å². The highest BCUT2D eigenvalue weighted by Gasteiger charge is 2.32. The van der Waals surface area contributed by atoms with Crippen LogP contribution < -0.4 is 0 Å². The van der Waals surface area contributed by atoms with E-state index in [9.17, 15) is 14.7 Å². The van der Waals surface area contributed by atoms with Crippen LogP contribution in [0.3, 0.4) is 0 Å². The molecule has 1 unspecified atom stereocenters. The Labute approximate surface area is 157 Å². The van der Waals surface area contributed by atoms with Crippen molar-refractivity contribution in [1.29, 1.82) is 0 Å². The van der Waals surface area contributed by atoms with Gasteiger partial charge in [0.25, 0.3) is 5.91 Å². The maximum absolute atomic E-state index is 13.2. The van der Waals surface area contributed by atoms with E-state index < -0.39 is 12.1 Å². The van der Waals surface area contributed by atoms with Crippen LogP contribution in [0.4, 0.5) is 0 Å². The third-order valence-electron chi connectivity index (χ3n) is 5.37. The van der Waals surface area contributed by atoms with E-state index in [1.54, 1.807) is 11.1 Å². The lowest BCUT2D eigenvalue weighted by molar-refractivity contribution is -0.154. The molecule has 1 aliphatic heterocycles. The van der Waals surface area contributed by atoms with Crippen molar-refractivity contribution in [3.8, 4) is 11.3 Å². The average Bonchev–Trinajstić information content (AvgIpc) is 3.37. The number of morpholine rings is 1. The third kappa shape index (κ3) is 3.47. The Bertz CT molecular complexity index is 827. The molecule has 1 saturated carbocycles. The van der Waals surface area contributed by atoms with Crippen LogP contribution in [-0.4, -0.2) is 57.5 Å². The Balaban J connectivity index is 1.70. The molecule has 1 atom stereocenters. The number of carbonyl (C=O) groups is 2. The number of rotatable bonds is 4. The quantitative estimate of drug-likeness (QED) is 0.895. The second kappa shape index (κ2) is 7.52. The maximum atomic E-state index is 13.2. The van der Waals surface area contributed by atoms with E-state index in [-0.39, 0.29) is 19.1 Å². The summed E-state index contributed by atoms with van der Waals surface area (Å²) in [4.78, 5) is 26.0. The Morgan fingerprint density at radius 3 is 2.59 bits per heavy atom. The fourth-order valence-electron chi connectivity index (χ4n) is 3.98. The van der Waals surface area contributed by atoms with Crippen LogP contribution in [-0.2, 0) is 9.53 Å². The van der Waals surface area contributed by atoms with E-state index >= 15 is 0 Å². The molecule has 1 aromatic heterocycles. The zero-order valence-corrected chi connectivity index (χ0v) is 15.1. The van der Waals surface area contributed by atoms with Crippen molar-refractivity contribution >= 4 is 11.9 Å². The molecule has 1 amide bonds. The van der Waals surface area contributed by atoms with Gasteiger partial charge in [0, 0.05) is 12.1 Å². The first kappa shape index (κ1) is 17.7. The van der Waals surface area contributed by atoms with Crippen molar-refractivity contribution in [3.63, 3.8) is 0 Å². The van der Waals surface area contributed by atoms with Gasteiger partial charge in [-0.2, -0.15) is 5.10 Å². The van der Waals surface area contributed by atoms with Crippen molar-refractivity contribution in [2.45, 2.75) is 37.8 Å². The van der Waals surface area contributed by atoms with E-state index in [1.807, 2.05) is 35.0 Å². The predicted octanol–water partition coefficient (Wildman–Crippen LogP) is 2.59. The van der Waals surface area contributed by atoms with Crippen LogP contribution in [0.1, 0.15) is 42.1 Å². The van der Waals surface area contributed by atoms with Gasteiger partial charge in [-0.15, -0.1) is 0 Å². The molecule has 4 rings (SSSR count). The van der Waals surface area contributed by atoms with Crippen LogP contribution in [0.25, 0.3) is 11.3 Å². The molecule has 0 spiro atoms. The summed E-state index contributed by atoms with van der Waals surface area (Å²) >= 11 is 0. The number of carboxylic acid groups (broad SMARTS) is 1. The molecule has 2 fully saturated rings. The van der Waals surface area contributed by atoms with Gasteiger partial charge in [-0.3, -0.25) is 9.48 Å². The molecule has 0 bridgehead atoms. The lowest BCUT2D eigenvalue weighted by atomic mass is 10.1. The molecule has 0 radical (unpaired) electrons. The topological polar surface area (TPSA) is 84.7 Å². The fourth-order valence-corrected chi connectivity index (χ4v) is 3.98. The number of hydrogen-bond acceptors (Lipinski definition) is 4. The number of benzene rings is 1. The molecular formula is C20H23N3O4. The maximum Gasteiger partial charge on any atom is 0.334 e. The van der Waals surface area contributed by atoms with Crippen LogP contribution in [0.15, 0.2) is 36.5 Å². The summed E-state index contributed by atoms with van der Waals surface area (Å²) in [5.74, 6) is -1.23. The van der Waals surface area contributed by atoms with Gasteiger partial charge in [-0.1, -0.05) is 43.2 Å².